The van der Waals surface area contributed by atoms with Gasteiger partial charge in [-0.3, -0.25) is 9.10 Å². The Balaban J connectivity index is 1.49. The summed E-state index contributed by atoms with van der Waals surface area (Å²) in [5.74, 6) is -1.26. The smallest absolute Gasteiger partial charge is 0.343 e. The fourth-order valence-corrected chi connectivity index (χ4v) is 5.01. The van der Waals surface area contributed by atoms with E-state index in [0.29, 0.717) is 5.69 Å². The molecule has 0 radical (unpaired) electrons. The normalized spacial score (nSPS) is 10.8. The van der Waals surface area contributed by atoms with E-state index in [0.717, 1.165) is 9.87 Å². The molecule has 0 fully saturated rings. The van der Waals surface area contributed by atoms with E-state index in [2.05, 4.69) is 4.99 Å². The number of rotatable bonds is 10. The Bertz CT molecular complexity index is 1590. The lowest BCUT2D eigenvalue weighted by molar-refractivity contribution is -0.143. The number of aliphatic imine (C=N–C) groups is 1. The standard InChI is InChI=1S/C29H26N4O6S/c30-29(31)32-23-13-15-25(16-14-23)39-28(35)22-11-17-26(18-12-22)40(36,37)33(24-9-5-2-6-10-24)19-27(34)38-20-21-7-3-1-4-8-21/h1-18H,19-20H2,(H4,30,31,32). The van der Waals surface area contributed by atoms with Gasteiger partial charge < -0.3 is 20.9 Å². The average molecular weight is 559 g/mol. The van der Waals surface area contributed by atoms with Gasteiger partial charge in [-0.2, -0.15) is 0 Å². The molecule has 0 saturated carbocycles. The first-order chi connectivity index (χ1) is 19.2. The van der Waals surface area contributed by atoms with Crippen LogP contribution in [-0.4, -0.2) is 32.9 Å². The molecule has 4 N–H and O–H groups in total. The van der Waals surface area contributed by atoms with Crippen LogP contribution in [0.5, 0.6) is 5.75 Å². The summed E-state index contributed by atoms with van der Waals surface area (Å²) in [4.78, 5) is 29.0. The zero-order valence-corrected chi connectivity index (χ0v) is 22.0. The van der Waals surface area contributed by atoms with Crippen LogP contribution in [0.4, 0.5) is 11.4 Å². The molecule has 4 rings (SSSR count). The number of guanidine groups is 1. The number of benzene rings is 4. The molecule has 0 unspecified atom stereocenters. The molecule has 0 atom stereocenters. The van der Waals surface area contributed by atoms with Crippen molar-refractivity contribution in [2.75, 3.05) is 10.8 Å². The van der Waals surface area contributed by atoms with Crippen molar-refractivity contribution in [2.45, 2.75) is 11.5 Å². The van der Waals surface area contributed by atoms with Gasteiger partial charge in [0, 0.05) is 0 Å². The van der Waals surface area contributed by atoms with E-state index in [9.17, 15) is 18.0 Å². The molecule has 0 aliphatic rings. The maximum Gasteiger partial charge on any atom is 0.343 e. The lowest BCUT2D eigenvalue weighted by atomic mass is 10.2. The molecule has 10 nitrogen and oxygen atoms in total. The second-order valence-corrected chi connectivity index (χ2v) is 10.3. The number of hydrogen-bond donors (Lipinski definition) is 2. The molecule has 0 bridgehead atoms. The third-order valence-corrected chi connectivity index (χ3v) is 7.33. The molecule has 0 saturated heterocycles. The highest BCUT2D eigenvalue weighted by molar-refractivity contribution is 7.92. The van der Waals surface area contributed by atoms with E-state index >= 15 is 0 Å². The van der Waals surface area contributed by atoms with Crippen LogP contribution in [0.2, 0.25) is 0 Å². The van der Waals surface area contributed by atoms with Crippen LogP contribution in [0.25, 0.3) is 0 Å². The zero-order valence-electron chi connectivity index (χ0n) is 21.2. The fourth-order valence-electron chi connectivity index (χ4n) is 3.60. The van der Waals surface area contributed by atoms with Crippen molar-refractivity contribution in [3.63, 3.8) is 0 Å². The van der Waals surface area contributed by atoms with Crippen molar-refractivity contribution < 1.29 is 27.5 Å². The van der Waals surface area contributed by atoms with Crippen LogP contribution in [-0.2, 0) is 26.2 Å². The lowest BCUT2D eigenvalue weighted by Gasteiger charge is -2.23. The molecule has 0 heterocycles. The third kappa shape index (κ3) is 7.23. The van der Waals surface area contributed by atoms with Crippen molar-refractivity contribution in [2.24, 2.45) is 16.5 Å². The summed E-state index contributed by atoms with van der Waals surface area (Å²) in [6.07, 6.45) is 0. The summed E-state index contributed by atoms with van der Waals surface area (Å²) in [5, 5.41) is 0. The number of nitrogens with zero attached hydrogens (tertiary/aromatic N) is 2. The molecule has 4 aromatic rings. The predicted octanol–water partition coefficient (Wildman–Crippen LogP) is 3.75. The van der Waals surface area contributed by atoms with Crippen LogP contribution in [0.1, 0.15) is 15.9 Å². The van der Waals surface area contributed by atoms with Gasteiger partial charge in [-0.25, -0.2) is 18.2 Å². The quantitative estimate of drug-likeness (QED) is 0.129. The van der Waals surface area contributed by atoms with E-state index in [1.54, 1.807) is 54.6 Å². The van der Waals surface area contributed by atoms with Crippen LogP contribution in [0.3, 0.4) is 0 Å². The summed E-state index contributed by atoms with van der Waals surface area (Å²) >= 11 is 0. The molecule has 0 amide bonds. The maximum absolute atomic E-state index is 13.6. The molecule has 0 spiro atoms. The van der Waals surface area contributed by atoms with Crippen LogP contribution in [0, 0.1) is 0 Å². The second kappa shape index (κ2) is 12.6. The zero-order chi connectivity index (χ0) is 28.5. The second-order valence-electron chi connectivity index (χ2n) is 8.44. The van der Waals surface area contributed by atoms with Gasteiger partial charge in [0.15, 0.2) is 5.96 Å². The summed E-state index contributed by atoms with van der Waals surface area (Å²) in [5.41, 5.74) is 12.4. The van der Waals surface area contributed by atoms with Crippen molar-refractivity contribution in [1.82, 2.24) is 0 Å². The van der Waals surface area contributed by atoms with Gasteiger partial charge in [0.1, 0.15) is 18.9 Å². The Labute approximate surface area is 231 Å². The number of carbonyl (C=O) groups is 2. The van der Waals surface area contributed by atoms with Crippen LogP contribution in [0.15, 0.2) is 119 Å². The van der Waals surface area contributed by atoms with Gasteiger partial charge in [0.05, 0.1) is 21.8 Å². The topological polar surface area (TPSA) is 154 Å². The number of anilines is 1. The highest BCUT2D eigenvalue weighted by Crippen LogP contribution is 2.25. The Morgan fingerprint density at radius 1 is 0.775 bits per heavy atom. The maximum atomic E-state index is 13.6. The molecule has 0 aromatic heterocycles. The minimum absolute atomic E-state index is 0.0101. The molecule has 4 aromatic carbocycles. The molecule has 0 aliphatic carbocycles. The number of carbonyl (C=O) groups excluding carboxylic acids is 2. The number of nitrogens with two attached hydrogens (primary N) is 2. The number of hydrogen-bond acceptors (Lipinski definition) is 7. The van der Waals surface area contributed by atoms with Crippen molar-refractivity contribution in [1.29, 1.82) is 0 Å². The van der Waals surface area contributed by atoms with Gasteiger partial charge >= 0.3 is 11.9 Å². The van der Waals surface area contributed by atoms with E-state index in [1.165, 1.54) is 36.4 Å². The number of ether oxygens (including phenoxy) is 2. The highest BCUT2D eigenvalue weighted by atomic mass is 32.2. The van der Waals surface area contributed by atoms with Crippen LogP contribution < -0.4 is 20.5 Å². The van der Waals surface area contributed by atoms with Gasteiger partial charge in [-0.1, -0.05) is 48.5 Å². The van der Waals surface area contributed by atoms with Gasteiger partial charge in [0.2, 0.25) is 0 Å². The minimum Gasteiger partial charge on any atom is -0.459 e. The fraction of sp³-hybridized carbons (Fsp3) is 0.0690. The summed E-state index contributed by atoms with van der Waals surface area (Å²) < 4.78 is 38.8. The minimum atomic E-state index is -4.20. The summed E-state index contributed by atoms with van der Waals surface area (Å²) in [7, 11) is -4.20. The number of esters is 2. The first kappa shape index (κ1) is 27.9. The monoisotopic (exact) mass is 558 g/mol. The van der Waals surface area contributed by atoms with Crippen molar-refractivity contribution >= 4 is 39.3 Å². The molecule has 0 aliphatic heterocycles. The summed E-state index contributed by atoms with van der Waals surface area (Å²) in [6, 6.07) is 28.7. The van der Waals surface area contributed by atoms with Crippen LogP contribution >= 0.6 is 0 Å². The Morgan fingerprint density at radius 2 is 1.38 bits per heavy atom. The number of sulfonamides is 1. The predicted molar refractivity (Wildman–Crippen MR) is 151 cm³/mol. The first-order valence-electron chi connectivity index (χ1n) is 12.0. The largest absolute Gasteiger partial charge is 0.459 e. The molecule has 40 heavy (non-hydrogen) atoms. The van der Waals surface area contributed by atoms with E-state index < -0.39 is 28.5 Å². The van der Waals surface area contributed by atoms with Gasteiger partial charge in [-0.05, 0) is 66.2 Å². The van der Waals surface area contributed by atoms with E-state index in [4.69, 9.17) is 20.9 Å². The van der Waals surface area contributed by atoms with Crippen molar-refractivity contribution in [3.8, 4) is 5.75 Å². The Hall–Kier alpha value is -5.16. The SMILES string of the molecule is NC(N)=Nc1ccc(OC(=O)c2ccc(S(=O)(=O)N(CC(=O)OCc3ccccc3)c3ccccc3)cc2)cc1. The lowest BCUT2D eigenvalue weighted by Crippen LogP contribution is -2.36. The third-order valence-electron chi connectivity index (χ3n) is 5.54. The Kier molecular flexibility index (Phi) is 8.77. The number of para-hydroxylation sites is 1. The average Bonchev–Trinajstić information content (AvgIpc) is 2.96. The van der Waals surface area contributed by atoms with Gasteiger partial charge in [0.25, 0.3) is 10.0 Å². The molecule has 11 heteroatoms. The summed E-state index contributed by atoms with van der Waals surface area (Å²) in [6.45, 7) is -0.533. The Morgan fingerprint density at radius 3 is 1.98 bits per heavy atom. The highest BCUT2D eigenvalue weighted by Gasteiger charge is 2.28. The van der Waals surface area contributed by atoms with Crippen molar-refractivity contribution in [3.05, 3.63) is 120 Å². The van der Waals surface area contributed by atoms with E-state index in [1.807, 2.05) is 18.2 Å². The molecule has 204 valence electrons. The van der Waals surface area contributed by atoms with Gasteiger partial charge in [-0.15, -0.1) is 0 Å². The molecular weight excluding hydrogens is 532 g/mol. The molecular formula is C29H26N4O6S. The first-order valence-corrected chi connectivity index (χ1v) is 13.5. The van der Waals surface area contributed by atoms with E-state index in [-0.39, 0.29) is 34.5 Å².